The molecule has 2 aliphatic rings. The number of nitrogens with one attached hydrogen (secondary N) is 4. The van der Waals surface area contributed by atoms with Gasteiger partial charge in [-0.25, -0.2) is 37.1 Å². The van der Waals surface area contributed by atoms with Crippen LogP contribution in [0.15, 0.2) is 60.9 Å². The second-order valence-electron chi connectivity index (χ2n) is 15.1. The number of carbonyl (C=O) groups is 4. The number of imidazole rings is 2. The molecule has 0 aliphatic carbocycles. The highest BCUT2D eigenvalue weighted by Crippen LogP contribution is 2.43. The normalized spacial score (nSPS) is 19.8. The SMILES string of the molecule is COC(=O)N[C@H](C(=O)N1CC(F)(F)C[C@H]1c1ncc(-c2ccc(-c3ccc(-c4cnc([C@@H]5CC(F)(F)CN5C(=O)[C@@H](NC(=O)O)C(C)C)[nH]4)cc3)cc2)[nH]1)C(C)C. The molecule has 2 saturated heterocycles. The van der Waals surface area contributed by atoms with Gasteiger partial charge in [-0.15, -0.1) is 0 Å². The number of likely N-dealkylation sites (tertiary alicyclic amines) is 2. The number of aromatic amines is 2. The standard InChI is InChI=1S/C39H44F4N8O6/c1-20(2)30(48-36(54)55)34(52)50-18-38(40,41)14-28(50)32-44-16-26(46-32)24-10-6-22(7-11-24)23-8-12-25(13-9-23)27-17-45-33(47-27)29-15-39(42,43)19-51(29)35(53)31(21(3)4)49-37(56)57-5/h6-13,16-17,20-21,28-31,48H,14-15,18-19H2,1-5H3,(H,44,46)(H,45,47)(H,49,56)(H,54,55)/t28-,29-,30-,31-/m0/s1. The Morgan fingerprint density at radius 3 is 1.42 bits per heavy atom. The summed E-state index contributed by atoms with van der Waals surface area (Å²) >= 11 is 0. The molecule has 0 saturated carbocycles. The Bertz CT molecular complexity index is 2100. The molecule has 5 N–H and O–H groups in total. The average Bonchev–Trinajstić information content (AvgIpc) is 3.97. The number of carboxylic acid groups (broad SMARTS) is 1. The van der Waals surface area contributed by atoms with Gasteiger partial charge in [0.25, 0.3) is 11.8 Å². The minimum absolute atomic E-state index is 0.159. The van der Waals surface area contributed by atoms with E-state index < -0.39 is 97.8 Å². The van der Waals surface area contributed by atoms with Crippen LogP contribution in [0.5, 0.6) is 0 Å². The van der Waals surface area contributed by atoms with E-state index in [9.17, 15) is 41.8 Å². The number of alkyl halides is 4. The molecule has 18 heteroatoms. The van der Waals surface area contributed by atoms with Crippen LogP contribution in [0.1, 0.15) is 64.3 Å². The van der Waals surface area contributed by atoms with Crippen molar-refractivity contribution in [2.75, 3.05) is 20.2 Å². The summed E-state index contributed by atoms with van der Waals surface area (Å²) in [5, 5.41) is 13.8. The maximum atomic E-state index is 14.7. The Morgan fingerprint density at radius 2 is 1.07 bits per heavy atom. The fourth-order valence-electron chi connectivity index (χ4n) is 7.28. The van der Waals surface area contributed by atoms with Crippen molar-refractivity contribution in [2.45, 2.75) is 76.5 Å². The summed E-state index contributed by atoms with van der Waals surface area (Å²) < 4.78 is 63.4. The highest BCUT2D eigenvalue weighted by Gasteiger charge is 2.51. The number of rotatable bonds is 11. The molecule has 4 heterocycles. The number of benzene rings is 2. The predicted octanol–water partition coefficient (Wildman–Crippen LogP) is 6.62. The van der Waals surface area contributed by atoms with Gasteiger partial charge in [0.15, 0.2) is 0 Å². The van der Waals surface area contributed by atoms with Crippen LogP contribution in [0, 0.1) is 11.8 Å². The smallest absolute Gasteiger partial charge is 0.407 e. The van der Waals surface area contributed by atoms with Gasteiger partial charge < -0.3 is 40.2 Å². The first-order chi connectivity index (χ1) is 26.9. The zero-order chi connectivity index (χ0) is 41.4. The Hall–Kier alpha value is -5.94. The van der Waals surface area contributed by atoms with Gasteiger partial charge in [0.1, 0.15) is 23.7 Å². The summed E-state index contributed by atoms with van der Waals surface area (Å²) in [5.74, 6) is -8.29. The Kier molecular flexibility index (Phi) is 11.4. The molecule has 0 bridgehead atoms. The maximum absolute atomic E-state index is 14.7. The molecule has 2 aromatic heterocycles. The first kappa shape index (κ1) is 40.7. The van der Waals surface area contributed by atoms with E-state index >= 15 is 0 Å². The molecule has 0 radical (unpaired) electrons. The van der Waals surface area contributed by atoms with Crippen molar-refractivity contribution in [2.24, 2.45) is 11.8 Å². The molecule has 0 unspecified atom stereocenters. The first-order valence-electron chi connectivity index (χ1n) is 18.4. The Morgan fingerprint density at radius 1 is 0.702 bits per heavy atom. The van der Waals surface area contributed by atoms with Gasteiger partial charge in [-0.1, -0.05) is 76.2 Å². The van der Waals surface area contributed by atoms with Crippen LogP contribution in [0.2, 0.25) is 0 Å². The van der Waals surface area contributed by atoms with Gasteiger partial charge in [-0.3, -0.25) is 9.59 Å². The van der Waals surface area contributed by atoms with Crippen molar-refractivity contribution in [1.82, 2.24) is 40.4 Å². The van der Waals surface area contributed by atoms with Crippen LogP contribution in [0.25, 0.3) is 33.6 Å². The zero-order valence-corrected chi connectivity index (χ0v) is 31.9. The van der Waals surface area contributed by atoms with Gasteiger partial charge in [-0.05, 0) is 34.1 Å². The van der Waals surface area contributed by atoms with Crippen LogP contribution in [-0.4, -0.2) is 103 Å². The number of ether oxygens (including phenoxy) is 1. The molecule has 2 aliphatic heterocycles. The number of amides is 4. The summed E-state index contributed by atoms with van der Waals surface area (Å²) in [6.45, 7) is 4.96. The van der Waals surface area contributed by atoms with Crippen molar-refractivity contribution in [1.29, 1.82) is 0 Å². The van der Waals surface area contributed by atoms with Gasteiger partial charge in [-0.2, -0.15) is 0 Å². The number of halogens is 4. The molecular formula is C39H44F4N8O6. The third kappa shape index (κ3) is 8.89. The second-order valence-corrected chi connectivity index (χ2v) is 15.1. The number of hydrogen-bond acceptors (Lipinski definition) is 7. The molecule has 4 amide bonds. The average molecular weight is 797 g/mol. The van der Waals surface area contributed by atoms with E-state index in [1.165, 1.54) is 12.4 Å². The molecule has 2 fully saturated rings. The lowest BCUT2D eigenvalue weighted by atomic mass is 10.0. The lowest BCUT2D eigenvalue weighted by Gasteiger charge is -2.29. The molecule has 2 aromatic carbocycles. The quantitative estimate of drug-likeness (QED) is 0.105. The van der Waals surface area contributed by atoms with Gasteiger partial charge in [0.05, 0.1) is 56.1 Å². The number of hydrogen-bond donors (Lipinski definition) is 5. The highest BCUT2D eigenvalue weighted by molar-refractivity contribution is 5.87. The minimum atomic E-state index is -3.19. The van der Waals surface area contributed by atoms with Gasteiger partial charge >= 0.3 is 12.2 Å². The number of alkyl carbamates (subject to hydrolysis) is 1. The lowest BCUT2D eigenvalue weighted by molar-refractivity contribution is -0.137. The van der Waals surface area contributed by atoms with Crippen molar-refractivity contribution < 1.29 is 46.6 Å². The maximum Gasteiger partial charge on any atom is 0.407 e. The van der Waals surface area contributed by atoms with E-state index in [1.54, 1.807) is 27.7 Å². The number of nitrogens with zero attached hydrogens (tertiary/aromatic N) is 4. The van der Waals surface area contributed by atoms with Gasteiger partial charge in [0.2, 0.25) is 11.8 Å². The molecule has 57 heavy (non-hydrogen) atoms. The molecule has 4 aromatic rings. The molecule has 304 valence electrons. The van der Waals surface area contributed by atoms with E-state index in [0.717, 1.165) is 33.6 Å². The first-order valence-corrected chi connectivity index (χ1v) is 18.4. The molecule has 14 nitrogen and oxygen atoms in total. The Balaban J connectivity index is 1.15. The molecule has 6 rings (SSSR count). The Labute approximate surface area is 325 Å². The van der Waals surface area contributed by atoms with E-state index in [4.69, 9.17) is 0 Å². The summed E-state index contributed by atoms with van der Waals surface area (Å²) in [7, 11) is 1.15. The number of carbonyl (C=O) groups excluding carboxylic acids is 3. The summed E-state index contributed by atoms with van der Waals surface area (Å²) in [6, 6.07) is 10.4. The summed E-state index contributed by atoms with van der Waals surface area (Å²) in [4.78, 5) is 66.9. The third-order valence-electron chi connectivity index (χ3n) is 10.3. The summed E-state index contributed by atoms with van der Waals surface area (Å²) in [5.41, 5.74) is 4.23. The predicted molar refractivity (Wildman–Crippen MR) is 199 cm³/mol. The highest BCUT2D eigenvalue weighted by atomic mass is 19.3. The van der Waals surface area contributed by atoms with Crippen molar-refractivity contribution in [3.63, 3.8) is 0 Å². The van der Waals surface area contributed by atoms with Crippen molar-refractivity contribution in [3.05, 3.63) is 72.6 Å². The number of aromatic nitrogens is 4. The summed E-state index contributed by atoms with van der Waals surface area (Å²) in [6.07, 6.45) is -0.559. The van der Waals surface area contributed by atoms with E-state index in [1.807, 2.05) is 48.5 Å². The molecule has 0 spiro atoms. The topological polar surface area (TPSA) is 186 Å². The van der Waals surface area contributed by atoms with Crippen molar-refractivity contribution in [3.8, 4) is 33.6 Å². The lowest BCUT2D eigenvalue weighted by Crippen LogP contribution is -2.51. The fourth-order valence-corrected chi connectivity index (χ4v) is 7.28. The fraction of sp³-hybridized carbons (Fsp3) is 0.436. The largest absolute Gasteiger partial charge is 0.465 e. The molecular weight excluding hydrogens is 752 g/mol. The number of H-pyrrole nitrogens is 2. The van der Waals surface area contributed by atoms with Gasteiger partial charge in [0, 0.05) is 12.8 Å². The monoisotopic (exact) mass is 796 g/mol. The van der Waals surface area contributed by atoms with E-state index in [2.05, 4.69) is 35.3 Å². The van der Waals surface area contributed by atoms with Crippen LogP contribution < -0.4 is 10.6 Å². The molecule has 4 atom stereocenters. The van der Waals surface area contributed by atoms with Crippen molar-refractivity contribution >= 4 is 24.0 Å². The van der Waals surface area contributed by atoms with E-state index in [0.29, 0.717) is 17.0 Å². The minimum Gasteiger partial charge on any atom is -0.465 e. The van der Waals surface area contributed by atoms with Crippen LogP contribution in [0.4, 0.5) is 27.2 Å². The van der Waals surface area contributed by atoms with Crippen LogP contribution in [0.3, 0.4) is 0 Å². The van der Waals surface area contributed by atoms with Crippen LogP contribution >= 0.6 is 0 Å². The second kappa shape index (κ2) is 15.9. The van der Waals surface area contributed by atoms with E-state index in [-0.39, 0.29) is 11.6 Å². The number of methoxy groups -OCH3 is 1. The third-order valence-corrected chi connectivity index (χ3v) is 10.3. The van der Waals surface area contributed by atoms with Crippen LogP contribution in [-0.2, 0) is 14.3 Å². The zero-order valence-electron chi connectivity index (χ0n) is 31.9.